The lowest BCUT2D eigenvalue weighted by molar-refractivity contribution is 0.654. The molecular formula is C12H19ClS. The largest absolute Gasteiger partial charge is 0.145 e. The van der Waals surface area contributed by atoms with Crippen molar-refractivity contribution in [3.05, 3.63) is 21.9 Å². The molecule has 1 unspecified atom stereocenters. The summed E-state index contributed by atoms with van der Waals surface area (Å²) in [7, 11) is 0. The summed E-state index contributed by atoms with van der Waals surface area (Å²) in [5.74, 6) is 2.14. The SMILES string of the molecule is CC(C)Cc1ccc(C(C)CCCl)s1. The molecule has 0 aliphatic heterocycles. The second-order valence-electron chi connectivity index (χ2n) is 4.28. The van der Waals surface area contributed by atoms with Crippen LogP contribution in [-0.4, -0.2) is 5.88 Å². The second-order valence-corrected chi connectivity index (χ2v) is 5.86. The number of alkyl halides is 1. The van der Waals surface area contributed by atoms with Gasteiger partial charge in [-0.05, 0) is 36.8 Å². The van der Waals surface area contributed by atoms with E-state index < -0.39 is 0 Å². The highest BCUT2D eigenvalue weighted by atomic mass is 35.5. The van der Waals surface area contributed by atoms with Gasteiger partial charge in [0.25, 0.3) is 0 Å². The van der Waals surface area contributed by atoms with Gasteiger partial charge < -0.3 is 0 Å². The highest BCUT2D eigenvalue weighted by Crippen LogP contribution is 2.28. The van der Waals surface area contributed by atoms with Crippen LogP contribution in [0.2, 0.25) is 0 Å². The van der Waals surface area contributed by atoms with Gasteiger partial charge in [0.05, 0.1) is 0 Å². The molecule has 0 aliphatic rings. The number of hydrogen-bond donors (Lipinski definition) is 0. The lowest BCUT2D eigenvalue weighted by Crippen LogP contribution is -1.91. The number of halogens is 1. The Morgan fingerprint density at radius 2 is 2.00 bits per heavy atom. The molecule has 0 amide bonds. The first-order chi connectivity index (χ1) is 6.63. The third-order valence-corrected chi connectivity index (χ3v) is 3.88. The molecule has 1 heterocycles. The summed E-state index contributed by atoms with van der Waals surface area (Å²) in [6.45, 7) is 6.79. The van der Waals surface area contributed by atoms with Gasteiger partial charge in [0, 0.05) is 15.6 Å². The monoisotopic (exact) mass is 230 g/mol. The highest BCUT2D eigenvalue weighted by molar-refractivity contribution is 7.12. The molecule has 0 radical (unpaired) electrons. The summed E-state index contributed by atoms with van der Waals surface area (Å²) in [6, 6.07) is 4.53. The van der Waals surface area contributed by atoms with Gasteiger partial charge in [-0.25, -0.2) is 0 Å². The first-order valence-corrected chi connectivity index (χ1v) is 6.63. The smallest absolute Gasteiger partial charge is 0.0229 e. The van der Waals surface area contributed by atoms with Gasteiger partial charge in [0.1, 0.15) is 0 Å². The van der Waals surface area contributed by atoms with Crippen LogP contribution < -0.4 is 0 Å². The van der Waals surface area contributed by atoms with Crippen LogP contribution in [0.5, 0.6) is 0 Å². The molecule has 1 atom stereocenters. The Morgan fingerprint density at radius 3 is 2.57 bits per heavy atom. The maximum Gasteiger partial charge on any atom is 0.0229 e. The molecule has 0 fully saturated rings. The second kappa shape index (κ2) is 5.77. The minimum Gasteiger partial charge on any atom is -0.145 e. The summed E-state index contributed by atoms with van der Waals surface area (Å²) in [6.07, 6.45) is 2.29. The lowest BCUT2D eigenvalue weighted by atomic mass is 10.1. The lowest BCUT2D eigenvalue weighted by Gasteiger charge is -2.05. The molecule has 2 heteroatoms. The molecule has 0 nitrogen and oxygen atoms in total. The maximum atomic E-state index is 5.74. The number of thiophene rings is 1. The van der Waals surface area contributed by atoms with E-state index in [1.165, 1.54) is 16.2 Å². The van der Waals surface area contributed by atoms with Crippen molar-refractivity contribution in [1.29, 1.82) is 0 Å². The normalized spacial score (nSPS) is 13.5. The first-order valence-electron chi connectivity index (χ1n) is 5.28. The van der Waals surface area contributed by atoms with Gasteiger partial charge in [-0.15, -0.1) is 22.9 Å². The van der Waals surface area contributed by atoms with E-state index in [1.54, 1.807) is 0 Å². The van der Waals surface area contributed by atoms with Crippen LogP contribution in [0.3, 0.4) is 0 Å². The fraction of sp³-hybridized carbons (Fsp3) is 0.667. The number of rotatable bonds is 5. The zero-order valence-electron chi connectivity index (χ0n) is 9.22. The fourth-order valence-electron chi connectivity index (χ4n) is 1.48. The predicted octanol–water partition coefficient (Wildman–Crippen LogP) is 4.68. The molecule has 1 rings (SSSR count). The van der Waals surface area contributed by atoms with Crippen molar-refractivity contribution >= 4 is 22.9 Å². The van der Waals surface area contributed by atoms with E-state index in [1.807, 2.05) is 11.3 Å². The Balaban J connectivity index is 2.58. The van der Waals surface area contributed by atoms with Crippen LogP contribution >= 0.6 is 22.9 Å². The van der Waals surface area contributed by atoms with Crippen molar-refractivity contribution in [2.45, 2.75) is 39.5 Å². The Morgan fingerprint density at radius 1 is 1.29 bits per heavy atom. The van der Waals surface area contributed by atoms with Gasteiger partial charge in [0.2, 0.25) is 0 Å². The van der Waals surface area contributed by atoms with Crippen LogP contribution in [0.25, 0.3) is 0 Å². The van der Waals surface area contributed by atoms with Crippen molar-refractivity contribution in [2.24, 2.45) is 5.92 Å². The van der Waals surface area contributed by atoms with Crippen LogP contribution in [0.15, 0.2) is 12.1 Å². The molecule has 0 N–H and O–H groups in total. The van der Waals surface area contributed by atoms with E-state index in [2.05, 4.69) is 32.9 Å². The molecule has 0 bridgehead atoms. The molecule has 80 valence electrons. The standard InChI is InChI=1S/C12H19ClS/c1-9(2)8-11-4-5-12(14-11)10(3)6-7-13/h4-5,9-10H,6-8H2,1-3H3. The van der Waals surface area contributed by atoms with Crippen molar-refractivity contribution < 1.29 is 0 Å². The molecule has 1 aromatic rings. The fourth-order valence-corrected chi connectivity index (χ4v) is 3.12. The summed E-state index contributed by atoms with van der Waals surface area (Å²) in [5, 5.41) is 0. The predicted molar refractivity (Wildman–Crippen MR) is 66.6 cm³/mol. The van der Waals surface area contributed by atoms with Gasteiger partial charge in [-0.3, -0.25) is 0 Å². The maximum absolute atomic E-state index is 5.74. The third-order valence-electron chi connectivity index (χ3n) is 2.32. The van der Waals surface area contributed by atoms with Crippen LogP contribution in [-0.2, 0) is 6.42 Å². The van der Waals surface area contributed by atoms with Crippen molar-refractivity contribution in [1.82, 2.24) is 0 Å². The molecule has 0 saturated carbocycles. The summed E-state index contributed by atoms with van der Waals surface area (Å²) < 4.78 is 0. The quantitative estimate of drug-likeness (QED) is 0.645. The summed E-state index contributed by atoms with van der Waals surface area (Å²) >= 11 is 7.69. The Kier molecular flexibility index (Phi) is 4.97. The minimum atomic E-state index is 0.624. The molecular weight excluding hydrogens is 212 g/mol. The van der Waals surface area contributed by atoms with Crippen LogP contribution in [0, 0.1) is 5.92 Å². The van der Waals surface area contributed by atoms with E-state index in [-0.39, 0.29) is 0 Å². The molecule has 0 saturated heterocycles. The first kappa shape index (κ1) is 12.1. The summed E-state index contributed by atoms with van der Waals surface area (Å²) in [4.78, 5) is 3.00. The highest BCUT2D eigenvalue weighted by Gasteiger charge is 2.08. The van der Waals surface area contributed by atoms with Crippen LogP contribution in [0.4, 0.5) is 0 Å². The molecule has 0 spiro atoms. The van der Waals surface area contributed by atoms with Crippen molar-refractivity contribution in [3.63, 3.8) is 0 Å². The summed E-state index contributed by atoms with van der Waals surface area (Å²) in [5.41, 5.74) is 0. The number of hydrogen-bond acceptors (Lipinski definition) is 1. The topological polar surface area (TPSA) is 0 Å². The van der Waals surface area contributed by atoms with Crippen molar-refractivity contribution in [3.8, 4) is 0 Å². The average molecular weight is 231 g/mol. The molecule has 14 heavy (non-hydrogen) atoms. The van der Waals surface area contributed by atoms with E-state index >= 15 is 0 Å². The minimum absolute atomic E-state index is 0.624. The Labute approximate surface area is 96.3 Å². The molecule has 1 aromatic heterocycles. The Bertz CT molecular complexity index is 265. The third kappa shape index (κ3) is 3.62. The molecule has 0 aliphatic carbocycles. The van der Waals surface area contributed by atoms with E-state index in [9.17, 15) is 0 Å². The zero-order chi connectivity index (χ0) is 10.6. The van der Waals surface area contributed by atoms with Gasteiger partial charge in [-0.1, -0.05) is 20.8 Å². The van der Waals surface area contributed by atoms with E-state index in [0.717, 1.165) is 18.2 Å². The van der Waals surface area contributed by atoms with Gasteiger partial charge in [-0.2, -0.15) is 0 Å². The average Bonchev–Trinajstić information content (AvgIpc) is 2.52. The van der Waals surface area contributed by atoms with Crippen LogP contribution in [0.1, 0.15) is 42.9 Å². The molecule has 0 aromatic carbocycles. The van der Waals surface area contributed by atoms with E-state index in [4.69, 9.17) is 11.6 Å². The van der Waals surface area contributed by atoms with Gasteiger partial charge >= 0.3 is 0 Å². The Hall–Kier alpha value is -0.0100. The zero-order valence-corrected chi connectivity index (χ0v) is 10.8. The van der Waals surface area contributed by atoms with Crippen molar-refractivity contribution in [2.75, 3.05) is 5.88 Å². The van der Waals surface area contributed by atoms with E-state index in [0.29, 0.717) is 5.92 Å². The van der Waals surface area contributed by atoms with Gasteiger partial charge in [0.15, 0.2) is 0 Å².